The highest BCUT2D eigenvalue weighted by Gasteiger charge is 2.06. The molecule has 15 heavy (non-hydrogen) atoms. The van der Waals surface area contributed by atoms with Crippen molar-refractivity contribution >= 4 is 33.7 Å². The summed E-state index contributed by atoms with van der Waals surface area (Å²) in [5.74, 6) is 1.17. The van der Waals surface area contributed by atoms with E-state index in [2.05, 4.69) is 22.9 Å². The van der Waals surface area contributed by atoms with E-state index >= 15 is 0 Å². The molecule has 1 N–H and O–H groups in total. The lowest BCUT2D eigenvalue weighted by Crippen LogP contribution is -1.97. The second-order valence-electron chi connectivity index (χ2n) is 3.16. The number of benzene rings is 1. The molecule has 0 aliphatic carbocycles. The number of hydrogen-bond donors (Lipinski definition) is 1. The standard InChI is InChI=1S/C11H13BrO2S/c1-2-5-15-7-9-4-3-8(11(13)14)6-10(9)12/h3-4,6H,2,5,7H2,1H3,(H,13,14). The summed E-state index contributed by atoms with van der Waals surface area (Å²) < 4.78 is 0.881. The van der Waals surface area contributed by atoms with Gasteiger partial charge in [-0.25, -0.2) is 4.79 Å². The Kier molecular flexibility index (Phi) is 5.19. The Bertz CT molecular complexity index is 352. The van der Waals surface area contributed by atoms with Crippen molar-refractivity contribution in [1.29, 1.82) is 0 Å². The van der Waals surface area contributed by atoms with Crippen LogP contribution in [-0.4, -0.2) is 16.8 Å². The number of halogens is 1. The summed E-state index contributed by atoms with van der Waals surface area (Å²) in [4.78, 5) is 10.7. The van der Waals surface area contributed by atoms with Gasteiger partial charge in [-0.15, -0.1) is 0 Å². The molecule has 0 heterocycles. The Morgan fingerprint density at radius 1 is 1.53 bits per heavy atom. The summed E-state index contributed by atoms with van der Waals surface area (Å²) in [7, 11) is 0. The molecule has 0 saturated carbocycles. The van der Waals surface area contributed by atoms with Gasteiger partial charge in [0.2, 0.25) is 0 Å². The Morgan fingerprint density at radius 3 is 2.80 bits per heavy atom. The Morgan fingerprint density at radius 2 is 2.27 bits per heavy atom. The van der Waals surface area contributed by atoms with Crippen molar-refractivity contribution < 1.29 is 9.90 Å². The molecule has 82 valence electrons. The molecule has 0 aliphatic rings. The lowest BCUT2D eigenvalue weighted by atomic mass is 10.1. The monoisotopic (exact) mass is 288 g/mol. The van der Waals surface area contributed by atoms with Gasteiger partial charge in [0.05, 0.1) is 5.56 Å². The number of aromatic carboxylic acids is 1. The summed E-state index contributed by atoms with van der Waals surface area (Å²) in [6, 6.07) is 5.18. The van der Waals surface area contributed by atoms with Crippen LogP contribution < -0.4 is 0 Å². The maximum absolute atomic E-state index is 10.7. The summed E-state index contributed by atoms with van der Waals surface area (Å²) in [6.07, 6.45) is 1.16. The first kappa shape index (κ1) is 12.6. The van der Waals surface area contributed by atoms with E-state index in [1.807, 2.05) is 17.8 Å². The van der Waals surface area contributed by atoms with Gasteiger partial charge >= 0.3 is 5.97 Å². The van der Waals surface area contributed by atoms with Crippen LogP contribution in [0, 0.1) is 0 Å². The fraction of sp³-hybridized carbons (Fsp3) is 0.364. The first-order chi connectivity index (χ1) is 7.15. The van der Waals surface area contributed by atoms with Crippen molar-refractivity contribution in [3.05, 3.63) is 33.8 Å². The zero-order chi connectivity index (χ0) is 11.3. The van der Waals surface area contributed by atoms with E-state index in [4.69, 9.17) is 5.11 Å². The second-order valence-corrected chi connectivity index (χ2v) is 5.12. The molecular formula is C11H13BrO2S. The first-order valence-corrected chi connectivity index (χ1v) is 6.69. The predicted molar refractivity (Wildman–Crippen MR) is 67.6 cm³/mol. The number of hydrogen-bond acceptors (Lipinski definition) is 2. The average molecular weight is 289 g/mol. The smallest absolute Gasteiger partial charge is 0.335 e. The normalized spacial score (nSPS) is 10.3. The molecule has 4 heteroatoms. The highest BCUT2D eigenvalue weighted by molar-refractivity contribution is 9.10. The number of carbonyl (C=O) groups is 1. The van der Waals surface area contributed by atoms with Crippen LogP contribution in [-0.2, 0) is 5.75 Å². The maximum Gasteiger partial charge on any atom is 0.335 e. The summed E-state index contributed by atoms with van der Waals surface area (Å²) in [6.45, 7) is 2.15. The van der Waals surface area contributed by atoms with Crippen LogP contribution in [0.15, 0.2) is 22.7 Å². The van der Waals surface area contributed by atoms with E-state index in [1.165, 1.54) is 0 Å². The minimum atomic E-state index is -0.886. The zero-order valence-electron chi connectivity index (χ0n) is 8.50. The van der Waals surface area contributed by atoms with Crippen molar-refractivity contribution in [3.63, 3.8) is 0 Å². The summed E-state index contributed by atoms with van der Waals surface area (Å²) in [5, 5.41) is 8.79. The fourth-order valence-electron chi connectivity index (χ4n) is 1.12. The van der Waals surface area contributed by atoms with Crippen molar-refractivity contribution in [1.82, 2.24) is 0 Å². The molecule has 0 bridgehead atoms. The van der Waals surface area contributed by atoms with Gasteiger partial charge in [0.15, 0.2) is 0 Å². The number of rotatable bonds is 5. The quantitative estimate of drug-likeness (QED) is 0.838. The Labute approximate surface area is 102 Å². The van der Waals surface area contributed by atoms with Gasteiger partial charge in [-0.1, -0.05) is 28.9 Å². The van der Waals surface area contributed by atoms with Crippen LogP contribution in [0.2, 0.25) is 0 Å². The van der Waals surface area contributed by atoms with Gasteiger partial charge in [-0.05, 0) is 29.9 Å². The highest BCUT2D eigenvalue weighted by Crippen LogP contribution is 2.23. The van der Waals surface area contributed by atoms with E-state index in [1.54, 1.807) is 12.1 Å². The topological polar surface area (TPSA) is 37.3 Å². The average Bonchev–Trinajstić information content (AvgIpc) is 2.20. The molecule has 1 aromatic carbocycles. The Balaban J connectivity index is 2.70. The van der Waals surface area contributed by atoms with Crippen molar-refractivity contribution in [2.24, 2.45) is 0 Å². The summed E-state index contributed by atoms with van der Waals surface area (Å²) >= 11 is 5.25. The third-order valence-electron chi connectivity index (χ3n) is 1.91. The van der Waals surface area contributed by atoms with Gasteiger partial charge in [0, 0.05) is 10.2 Å². The molecule has 0 fully saturated rings. The maximum atomic E-state index is 10.7. The van der Waals surface area contributed by atoms with Crippen LogP contribution in [0.5, 0.6) is 0 Å². The van der Waals surface area contributed by atoms with Crippen LogP contribution in [0.4, 0.5) is 0 Å². The SMILES string of the molecule is CCCSCc1ccc(C(=O)O)cc1Br. The molecule has 0 unspecified atom stereocenters. The number of thioether (sulfide) groups is 1. The van der Waals surface area contributed by atoms with Gasteiger partial charge in [-0.2, -0.15) is 11.8 Å². The lowest BCUT2D eigenvalue weighted by Gasteiger charge is -2.04. The van der Waals surface area contributed by atoms with Crippen LogP contribution in [0.25, 0.3) is 0 Å². The van der Waals surface area contributed by atoms with Gasteiger partial charge in [0.1, 0.15) is 0 Å². The molecule has 2 nitrogen and oxygen atoms in total. The van der Waals surface area contributed by atoms with Crippen molar-refractivity contribution in [2.75, 3.05) is 5.75 Å². The predicted octanol–water partition coefficient (Wildman–Crippen LogP) is 3.79. The van der Waals surface area contributed by atoms with Gasteiger partial charge < -0.3 is 5.11 Å². The van der Waals surface area contributed by atoms with Crippen LogP contribution in [0.3, 0.4) is 0 Å². The molecule has 1 aromatic rings. The largest absolute Gasteiger partial charge is 0.478 e. The molecular weight excluding hydrogens is 276 g/mol. The molecule has 0 spiro atoms. The van der Waals surface area contributed by atoms with Crippen LogP contribution in [0.1, 0.15) is 29.3 Å². The second kappa shape index (κ2) is 6.18. The molecule has 0 atom stereocenters. The van der Waals surface area contributed by atoms with E-state index in [0.717, 1.165) is 28.0 Å². The molecule has 0 amide bonds. The molecule has 0 aromatic heterocycles. The van der Waals surface area contributed by atoms with Crippen molar-refractivity contribution in [2.45, 2.75) is 19.1 Å². The number of carboxylic acids is 1. The van der Waals surface area contributed by atoms with Crippen LogP contribution >= 0.6 is 27.7 Å². The third-order valence-corrected chi connectivity index (χ3v) is 3.86. The minimum absolute atomic E-state index is 0.325. The third kappa shape index (κ3) is 3.87. The van der Waals surface area contributed by atoms with E-state index in [0.29, 0.717) is 5.56 Å². The van der Waals surface area contributed by atoms with Crippen molar-refractivity contribution in [3.8, 4) is 0 Å². The van der Waals surface area contributed by atoms with E-state index in [-0.39, 0.29) is 0 Å². The minimum Gasteiger partial charge on any atom is -0.478 e. The fourth-order valence-corrected chi connectivity index (χ4v) is 2.73. The van der Waals surface area contributed by atoms with E-state index < -0.39 is 5.97 Å². The summed E-state index contributed by atoms with van der Waals surface area (Å²) in [5.41, 5.74) is 1.48. The Hall–Kier alpha value is -0.480. The van der Waals surface area contributed by atoms with Gasteiger partial charge in [0.25, 0.3) is 0 Å². The van der Waals surface area contributed by atoms with E-state index in [9.17, 15) is 4.79 Å². The van der Waals surface area contributed by atoms with Gasteiger partial charge in [-0.3, -0.25) is 0 Å². The molecule has 0 radical (unpaired) electrons. The highest BCUT2D eigenvalue weighted by atomic mass is 79.9. The molecule has 1 rings (SSSR count). The molecule has 0 saturated heterocycles. The lowest BCUT2D eigenvalue weighted by molar-refractivity contribution is 0.0697. The zero-order valence-corrected chi connectivity index (χ0v) is 10.9. The molecule has 0 aliphatic heterocycles. The number of carboxylic acid groups (broad SMARTS) is 1. The first-order valence-electron chi connectivity index (χ1n) is 4.74.